The second-order valence-corrected chi connectivity index (χ2v) is 4.80. The van der Waals surface area contributed by atoms with Crippen LogP contribution in [0.15, 0.2) is 72.8 Å². The minimum atomic E-state index is 0.556. The molecule has 0 aliphatic rings. The Morgan fingerprint density at radius 2 is 1.32 bits per heavy atom. The minimum absolute atomic E-state index is 0.556. The van der Waals surface area contributed by atoms with E-state index in [-0.39, 0.29) is 0 Å². The van der Waals surface area contributed by atoms with Crippen molar-refractivity contribution in [2.45, 2.75) is 13.3 Å². The van der Waals surface area contributed by atoms with Crippen molar-refractivity contribution >= 4 is 12.2 Å². The summed E-state index contributed by atoms with van der Waals surface area (Å²) in [4.78, 5) is 0. The Bertz CT molecular complexity index is 520. The van der Waals surface area contributed by atoms with Crippen LogP contribution in [0.3, 0.4) is 0 Å². The van der Waals surface area contributed by atoms with Crippen molar-refractivity contribution in [3.05, 3.63) is 83.9 Å². The smallest absolute Gasteiger partial charge is 0.0224 e. The van der Waals surface area contributed by atoms with Crippen LogP contribution in [0, 0.1) is 5.92 Å². The second-order valence-electron chi connectivity index (χ2n) is 4.80. The lowest BCUT2D eigenvalue weighted by molar-refractivity contribution is 0.750. The van der Waals surface area contributed by atoms with Gasteiger partial charge in [0.25, 0.3) is 0 Å². The fourth-order valence-electron chi connectivity index (χ4n) is 1.90. The molecule has 0 saturated heterocycles. The zero-order valence-corrected chi connectivity index (χ0v) is 11.4. The normalized spacial score (nSPS) is 13.1. The highest BCUT2D eigenvalue weighted by Gasteiger charge is 1.93. The highest BCUT2D eigenvalue weighted by Crippen LogP contribution is 2.10. The first-order chi connectivity index (χ1) is 9.34. The van der Waals surface area contributed by atoms with Crippen molar-refractivity contribution in [3.63, 3.8) is 0 Å². The van der Waals surface area contributed by atoms with Crippen LogP contribution in [-0.2, 0) is 0 Å². The van der Waals surface area contributed by atoms with E-state index in [1.54, 1.807) is 0 Å². The Labute approximate surface area is 116 Å². The SMILES string of the molecule is CC(C=Cc1ccccc1)CC=Cc1ccccc1. The van der Waals surface area contributed by atoms with Crippen molar-refractivity contribution in [1.82, 2.24) is 0 Å². The van der Waals surface area contributed by atoms with E-state index in [2.05, 4.69) is 79.8 Å². The number of benzene rings is 2. The van der Waals surface area contributed by atoms with Crippen LogP contribution in [-0.4, -0.2) is 0 Å². The van der Waals surface area contributed by atoms with Gasteiger partial charge in [-0.1, -0.05) is 91.9 Å². The third kappa shape index (κ3) is 4.97. The van der Waals surface area contributed by atoms with Crippen LogP contribution in [0.4, 0.5) is 0 Å². The first kappa shape index (κ1) is 13.4. The van der Waals surface area contributed by atoms with E-state index in [0.717, 1.165) is 6.42 Å². The Morgan fingerprint density at radius 1 is 0.789 bits per heavy atom. The summed E-state index contributed by atoms with van der Waals surface area (Å²) in [6.07, 6.45) is 9.96. The van der Waals surface area contributed by atoms with Gasteiger partial charge in [-0.05, 0) is 23.5 Å². The summed E-state index contributed by atoms with van der Waals surface area (Å²) >= 11 is 0. The predicted octanol–water partition coefficient (Wildman–Crippen LogP) is 5.44. The van der Waals surface area contributed by atoms with Crippen LogP contribution in [0.25, 0.3) is 12.2 Å². The monoisotopic (exact) mass is 248 g/mol. The molecule has 0 aromatic heterocycles. The molecule has 0 N–H and O–H groups in total. The van der Waals surface area contributed by atoms with E-state index in [4.69, 9.17) is 0 Å². The van der Waals surface area contributed by atoms with Gasteiger partial charge in [0.2, 0.25) is 0 Å². The summed E-state index contributed by atoms with van der Waals surface area (Å²) in [6, 6.07) is 20.9. The maximum absolute atomic E-state index is 2.27. The molecule has 2 aromatic rings. The van der Waals surface area contributed by atoms with Crippen LogP contribution < -0.4 is 0 Å². The van der Waals surface area contributed by atoms with Crippen molar-refractivity contribution in [2.24, 2.45) is 5.92 Å². The molecule has 0 heterocycles. The molecule has 0 aliphatic carbocycles. The number of allylic oxidation sites excluding steroid dienone is 2. The largest absolute Gasteiger partial charge is 0.0834 e. The van der Waals surface area contributed by atoms with Gasteiger partial charge < -0.3 is 0 Å². The fourth-order valence-corrected chi connectivity index (χ4v) is 1.90. The summed E-state index contributed by atoms with van der Waals surface area (Å²) in [5, 5.41) is 0. The first-order valence-electron chi connectivity index (χ1n) is 6.79. The molecule has 0 spiro atoms. The summed E-state index contributed by atoms with van der Waals surface area (Å²) < 4.78 is 0. The van der Waals surface area contributed by atoms with Crippen molar-refractivity contribution < 1.29 is 0 Å². The maximum Gasteiger partial charge on any atom is -0.0224 e. The topological polar surface area (TPSA) is 0 Å². The van der Waals surface area contributed by atoms with E-state index >= 15 is 0 Å². The van der Waals surface area contributed by atoms with Gasteiger partial charge in [-0.15, -0.1) is 0 Å². The molecule has 2 aromatic carbocycles. The fraction of sp³-hybridized carbons (Fsp3) is 0.158. The van der Waals surface area contributed by atoms with Gasteiger partial charge >= 0.3 is 0 Å². The predicted molar refractivity (Wildman–Crippen MR) is 84.7 cm³/mol. The second kappa shape index (κ2) is 7.38. The molecule has 1 unspecified atom stereocenters. The zero-order chi connectivity index (χ0) is 13.3. The molecule has 0 aliphatic heterocycles. The van der Waals surface area contributed by atoms with Crippen molar-refractivity contribution in [3.8, 4) is 0 Å². The molecule has 0 amide bonds. The summed E-state index contributed by atoms with van der Waals surface area (Å²) in [5.74, 6) is 0.556. The lowest BCUT2D eigenvalue weighted by Crippen LogP contribution is -1.85. The highest BCUT2D eigenvalue weighted by molar-refractivity contribution is 5.50. The lowest BCUT2D eigenvalue weighted by atomic mass is 10.0. The molecule has 0 nitrogen and oxygen atoms in total. The maximum atomic E-state index is 2.27. The molecule has 0 heteroatoms. The third-order valence-electron chi connectivity index (χ3n) is 3.03. The average molecular weight is 248 g/mol. The molecule has 0 radical (unpaired) electrons. The lowest BCUT2D eigenvalue weighted by Gasteiger charge is -2.01. The number of hydrogen-bond acceptors (Lipinski definition) is 0. The van der Waals surface area contributed by atoms with E-state index in [9.17, 15) is 0 Å². The van der Waals surface area contributed by atoms with Gasteiger partial charge in [0.05, 0.1) is 0 Å². The average Bonchev–Trinajstić information content (AvgIpc) is 2.47. The Balaban J connectivity index is 1.83. The molecular weight excluding hydrogens is 228 g/mol. The molecule has 96 valence electrons. The standard InChI is InChI=1S/C19H20/c1-17(15-16-19-12-6-3-7-13-19)9-8-14-18-10-4-2-5-11-18/h2-8,10-17H,9H2,1H3. The Morgan fingerprint density at radius 3 is 1.89 bits per heavy atom. The van der Waals surface area contributed by atoms with Gasteiger partial charge in [-0.25, -0.2) is 0 Å². The van der Waals surface area contributed by atoms with Gasteiger partial charge in [-0.2, -0.15) is 0 Å². The van der Waals surface area contributed by atoms with E-state index in [0.29, 0.717) is 5.92 Å². The Kier molecular flexibility index (Phi) is 5.18. The van der Waals surface area contributed by atoms with Crippen LogP contribution in [0.2, 0.25) is 0 Å². The highest BCUT2D eigenvalue weighted by atomic mass is 14.0. The van der Waals surface area contributed by atoms with E-state index < -0.39 is 0 Å². The third-order valence-corrected chi connectivity index (χ3v) is 3.03. The molecule has 0 saturated carbocycles. The van der Waals surface area contributed by atoms with E-state index in [1.165, 1.54) is 11.1 Å². The number of hydrogen-bond donors (Lipinski definition) is 0. The first-order valence-corrected chi connectivity index (χ1v) is 6.79. The van der Waals surface area contributed by atoms with Crippen molar-refractivity contribution in [2.75, 3.05) is 0 Å². The van der Waals surface area contributed by atoms with Gasteiger partial charge in [0.1, 0.15) is 0 Å². The zero-order valence-electron chi connectivity index (χ0n) is 11.4. The van der Waals surface area contributed by atoms with Crippen LogP contribution in [0.1, 0.15) is 24.5 Å². The summed E-state index contributed by atoms with van der Waals surface area (Å²) in [6.45, 7) is 2.24. The summed E-state index contributed by atoms with van der Waals surface area (Å²) in [5.41, 5.74) is 2.53. The molecule has 0 fully saturated rings. The number of rotatable bonds is 5. The molecule has 0 bridgehead atoms. The molecule has 2 rings (SSSR count). The minimum Gasteiger partial charge on any atom is -0.0834 e. The van der Waals surface area contributed by atoms with Crippen LogP contribution >= 0.6 is 0 Å². The molecule has 1 atom stereocenters. The van der Waals surface area contributed by atoms with Gasteiger partial charge in [-0.3, -0.25) is 0 Å². The van der Waals surface area contributed by atoms with Gasteiger partial charge in [0.15, 0.2) is 0 Å². The van der Waals surface area contributed by atoms with Gasteiger partial charge in [0, 0.05) is 0 Å². The quantitative estimate of drug-likeness (QED) is 0.661. The van der Waals surface area contributed by atoms with Crippen LogP contribution in [0.5, 0.6) is 0 Å². The summed E-state index contributed by atoms with van der Waals surface area (Å²) in [7, 11) is 0. The molecule has 19 heavy (non-hydrogen) atoms. The Hall–Kier alpha value is -2.08. The molecular formula is C19H20. The van der Waals surface area contributed by atoms with E-state index in [1.807, 2.05) is 12.1 Å². The van der Waals surface area contributed by atoms with Crippen molar-refractivity contribution in [1.29, 1.82) is 0 Å².